The van der Waals surface area contributed by atoms with E-state index in [0.29, 0.717) is 25.8 Å². The highest BCUT2D eigenvalue weighted by atomic mass is 16.4. The second kappa shape index (κ2) is 13.9. The van der Waals surface area contributed by atoms with E-state index in [1.807, 2.05) is 0 Å². The lowest BCUT2D eigenvalue weighted by atomic mass is 10.1. The second-order valence-electron chi connectivity index (χ2n) is 3.80. The molecule has 7 nitrogen and oxygen atoms in total. The highest BCUT2D eigenvalue weighted by Gasteiger charge is 2.09. The Kier molecular flexibility index (Phi) is 14.8. The van der Waals surface area contributed by atoms with Crippen LogP contribution in [0.25, 0.3) is 0 Å². The third-order valence-corrected chi connectivity index (χ3v) is 2.09. The number of rotatable bonds is 9. The average Bonchev–Trinajstić information content (AvgIpc) is 2.30. The van der Waals surface area contributed by atoms with Crippen molar-refractivity contribution in [2.45, 2.75) is 44.6 Å². The first-order chi connectivity index (χ1) is 8.45. The van der Waals surface area contributed by atoms with Crippen molar-refractivity contribution in [2.75, 3.05) is 13.2 Å². The van der Waals surface area contributed by atoms with Crippen molar-refractivity contribution in [3.05, 3.63) is 0 Å². The Balaban J connectivity index is 0. The molecular weight excluding hydrogens is 240 g/mol. The third-order valence-electron chi connectivity index (χ3n) is 2.09. The van der Waals surface area contributed by atoms with Crippen LogP contribution >= 0.6 is 0 Å². The molecular formula is C11H24N2O5. The Morgan fingerprint density at radius 1 is 1.06 bits per heavy atom. The van der Waals surface area contributed by atoms with E-state index in [2.05, 4.69) is 0 Å². The van der Waals surface area contributed by atoms with Gasteiger partial charge >= 0.3 is 11.9 Å². The van der Waals surface area contributed by atoms with Crippen LogP contribution in [0, 0.1) is 0 Å². The molecule has 0 amide bonds. The number of carbonyl (C=O) groups is 2. The molecule has 0 radical (unpaired) electrons. The Morgan fingerprint density at radius 3 is 2.06 bits per heavy atom. The lowest BCUT2D eigenvalue weighted by Crippen LogP contribution is -2.29. The van der Waals surface area contributed by atoms with Crippen LogP contribution in [0.4, 0.5) is 0 Å². The van der Waals surface area contributed by atoms with E-state index < -0.39 is 18.0 Å². The molecule has 0 aromatic carbocycles. The van der Waals surface area contributed by atoms with Gasteiger partial charge in [0.2, 0.25) is 0 Å². The van der Waals surface area contributed by atoms with Crippen LogP contribution in [0.15, 0.2) is 0 Å². The van der Waals surface area contributed by atoms with Crippen LogP contribution in [0.5, 0.6) is 0 Å². The van der Waals surface area contributed by atoms with Crippen molar-refractivity contribution in [1.82, 2.24) is 0 Å². The largest absolute Gasteiger partial charge is 0.481 e. The number of aliphatic hydroxyl groups is 1. The number of carboxylic acids is 2. The van der Waals surface area contributed by atoms with Crippen molar-refractivity contribution >= 4 is 11.9 Å². The van der Waals surface area contributed by atoms with Gasteiger partial charge in [-0.15, -0.1) is 0 Å². The van der Waals surface area contributed by atoms with Gasteiger partial charge < -0.3 is 26.8 Å². The number of carboxylic acid groups (broad SMARTS) is 2. The van der Waals surface area contributed by atoms with Crippen LogP contribution in [-0.2, 0) is 9.59 Å². The normalized spacial score (nSPS) is 11.3. The summed E-state index contributed by atoms with van der Waals surface area (Å²) in [5.41, 5.74) is 10.4. The van der Waals surface area contributed by atoms with E-state index in [9.17, 15) is 9.59 Å². The molecule has 0 heterocycles. The van der Waals surface area contributed by atoms with Gasteiger partial charge in [0.15, 0.2) is 0 Å². The van der Waals surface area contributed by atoms with E-state index in [1.54, 1.807) is 0 Å². The summed E-state index contributed by atoms with van der Waals surface area (Å²) in [6, 6.07) is -0.716. The molecule has 0 bridgehead atoms. The van der Waals surface area contributed by atoms with Crippen molar-refractivity contribution < 1.29 is 24.9 Å². The van der Waals surface area contributed by atoms with E-state index in [-0.39, 0.29) is 13.0 Å². The van der Waals surface area contributed by atoms with Gasteiger partial charge in [-0.25, -0.2) is 0 Å². The van der Waals surface area contributed by atoms with Crippen LogP contribution in [0.2, 0.25) is 0 Å². The SMILES string of the molecule is NCCCCC(N)C(=O)O.O=C(O)CCCCO. The lowest BCUT2D eigenvalue weighted by Gasteiger charge is -2.03. The molecule has 0 fully saturated rings. The molecule has 0 saturated heterocycles. The Labute approximate surface area is 107 Å². The standard InChI is InChI=1S/C6H14N2O2.C5H10O3/c7-4-2-1-3-5(8)6(9)10;6-4-2-1-3-5(7)8/h5H,1-4,7-8H2,(H,9,10);6H,1-4H2,(H,7,8). The highest BCUT2D eigenvalue weighted by molar-refractivity contribution is 5.72. The molecule has 0 rings (SSSR count). The number of aliphatic hydroxyl groups excluding tert-OH is 1. The zero-order chi connectivity index (χ0) is 14.4. The van der Waals surface area contributed by atoms with Gasteiger partial charge in [-0.3, -0.25) is 9.59 Å². The maximum atomic E-state index is 10.1. The molecule has 7 N–H and O–H groups in total. The monoisotopic (exact) mass is 264 g/mol. The van der Waals surface area contributed by atoms with Gasteiger partial charge in [0.05, 0.1) is 0 Å². The smallest absolute Gasteiger partial charge is 0.320 e. The first kappa shape index (κ1) is 19.2. The van der Waals surface area contributed by atoms with Gasteiger partial charge in [-0.2, -0.15) is 0 Å². The molecule has 0 saturated carbocycles. The third kappa shape index (κ3) is 17.2. The number of nitrogens with two attached hydrogens (primary N) is 2. The van der Waals surface area contributed by atoms with Gasteiger partial charge in [0, 0.05) is 13.0 Å². The summed E-state index contributed by atoms with van der Waals surface area (Å²) in [4.78, 5) is 19.9. The van der Waals surface area contributed by atoms with Crippen LogP contribution in [0.1, 0.15) is 38.5 Å². The van der Waals surface area contributed by atoms with Gasteiger partial charge in [0.25, 0.3) is 0 Å². The number of unbranched alkanes of at least 4 members (excludes halogenated alkanes) is 2. The van der Waals surface area contributed by atoms with E-state index >= 15 is 0 Å². The summed E-state index contributed by atoms with van der Waals surface area (Å²) >= 11 is 0. The summed E-state index contributed by atoms with van der Waals surface area (Å²) in [7, 11) is 0. The number of aliphatic carboxylic acids is 2. The molecule has 0 aliphatic carbocycles. The first-order valence-corrected chi connectivity index (χ1v) is 5.96. The van der Waals surface area contributed by atoms with Crippen molar-refractivity contribution in [3.63, 3.8) is 0 Å². The zero-order valence-corrected chi connectivity index (χ0v) is 10.5. The molecule has 7 heteroatoms. The minimum absolute atomic E-state index is 0.0906. The van der Waals surface area contributed by atoms with Gasteiger partial charge in [-0.1, -0.05) is 6.42 Å². The van der Waals surface area contributed by atoms with Crippen molar-refractivity contribution in [2.24, 2.45) is 11.5 Å². The summed E-state index contributed by atoms with van der Waals surface area (Å²) in [6.45, 7) is 0.694. The molecule has 1 atom stereocenters. The maximum Gasteiger partial charge on any atom is 0.320 e. The summed E-state index contributed by atoms with van der Waals surface area (Å²) in [5, 5.41) is 24.6. The fourth-order valence-corrected chi connectivity index (χ4v) is 1.02. The number of hydrogen-bond donors (Lipinski definition) is 5. The molecule has 0 aliphatic heterocycles. The molecule has 0 spiro atoms. The molecule has 0 aromatic heterocycles. The number of hydrogen-bond acceptors (Lipinski definition) is 5. The molecule has 108 valence electrons. The van der Waals surface area contributed by atoms with Crippen LogP contribution in [-0.4, -0.2) is 46.5 Å². The minimum Gasteiger partial charge on any atom is -0.481 e. The average molecular weight is 264 g/mol. The minimum atomic E-state index is -0.933. The Morgan fingerprint density at radius 2 is 1.67 bits per heavy atom. The fraction of sp³-hybridized carbons (Fsp3) is 0.818. The predicted octanol–water partition coefficient (Wildman–Crippen LogP) is -0.239. The quantitative estimate of drug-likeness (QED) is 0.361. The zero-order valence-electron chi connectivity index (χ0n) is 10.5. The Bertz CT molecular complexity index is 223. The van der Waals surface area contributed by atoms with E-state index in [0.717, 1.165) is 12.8 Å². The lowest BCUT2D eigenvalue weighted by molar-refractivity contribution is -0.139. The van der Waals surface area contributed by atoms with Gasteiger partial charge in [0.1, 0.15) is 6.04 Å². The first-order valence-electron chi connectivity index (χ1n) is 5.96. The van der Waals surface area contributed by atoms with Crippen LogP contribution in [0.3, 0.4) is 0 Å². The molecule has 1 unspecified atom stereocenters. The van der Waals surface area contributed by atoms with E-state index in [1.165, 1.54) is 0 Å². The molecule has 0 aliphatic rings. The Hall–Kier alpha value is -1.18. The topological polar surface area (TPSA) is 147 Å². The second-order valence-corrected chi connectivity index (χ2v) is 3.80. The summed E-state index contributed by atoms with van der Waals surface area (Å²) in [6.07, 6.45) is 3.50. The fourth-order valence-electron chi connectivity index (χ4n) is 1.02. The molecule has 0 aromatic rings. The maximum absolute atomic E-state index is 10.1. The van der Waals surface area contributed by atoms with Crippen molar-refractivity contribution in [1.29, 1.82) is 0 Å². The highest BCUT2D eigenvalue weighted by Crippen LogP contribution is 1.97. The molecule has 18 heavy (non-hydrogen) atoms. The van der Waals surface area contributed by atoms with E-state index in [4.69, 9.17) is 26.8 Å². The van der Waals surface area contributed by atoms with Crippen LogP contribution < -0.4 is 11.5 Å². The van der Waals surface area contributed by atoms with Gasteiger partial charge in [-0.05, 0) is 32.2 Å². The predicted molar refractivity (Wildman–Crippen MR) is 67.1 cm³/mol. The summed E-state index contributed by atoms with van der Waals surface area (Å²) in [5.74, 6) is -1.73. The van der Waals surface area contributed by atoms with Crippen molar-refractivity contribution in [3.8, 4) is 0 Å². The summed E-state index contributed by atoms with van der Waals surface area (Å²) < 4.78 is 0.